The molecule has 0 radical (unpaired) electrons. The average Bonchev–Trinajstić information content (AvgIpc) is 3.13. The van der Waals surface area contributed by atoms with Crippen LogP contribution in [0, 0.1) is 5.82 Å². The van der Waals surface area contributed by atoms with Crippen molar-refractivity contribution in [3.8, 4) is 16.9 Å². The molecule has 0 unspecified atom stereocenters. The Bertz CT molecular complexity index is 1270. The molecule has 3 aromatic carbocycles. The van der Waals surface area contributed by atoms with Gasteiger partial charge >= 0.3 is 0 Å². The first-order valence-electron chi connectivity index (χ1n) is 9.70. The number of hydrogen-bond acceptors (Lipinski definition) is 2. The van der Waals surface area contributed by atoms with Gasteiger partial charge < -0.3 is 9.88 Å². The number of rotatable bonds is 6. The normalized spacial score (nSPS) is 10.8. The van der Waals surface area contributed by atoms with Gasteiger partial charge in [-0.15, -0.1) is 0 Å². The summed E-state index contributed by atoms with van der Waals surface area (Å²) in [7, 11) is 0. The number of carbonyl (C=O) groups excluding carboxylic acids is 1. The highest BCUT2D eigenvalue weighted by Gasteiger charge is 2.22. The third-order valence-electron chi connectivity index (χ3n) is 5.02. The smallest absolute Gasteiger partial charge is 0.161 e. The second kappa shape index (κ2) is 8.96. The van der Waals surface area contributed by atoms with Crippen LogP contribution in [0.1, 0.15) is 23.0 Å². The Labute approximate surface area is 190 Å². The molecular weight excluding hydrogens is 434 g/mol. The molecule has 4 aromatic rings. The first-order valence-corrected chi connectivity index (χ1v) is 10.5. The first kappa shape index (κ1) is 21.2. The van der Waals surface area contributed by atoms with Crippen molar-refractivity contribution < 1.29 is 9.18 Å². The van der Waals surface area contributed by atoms with Crippen LogP contribution in [0.3, 0.4) is 0 Å². The van der Waals surface area contributed by atoms with Gasteiger partial charge in [-0.05, 0) is 49.4 Å². The molecule has 0 bridgehead atoms. The molecule has 31 heavy (non-hydrogen) atoms. The lowest BCUT2D eigenvalue weighted by atomic mass is 10.1. The molecule has 0 amide bonds. The second-order valence-electron chi connectivity index (χ2n) is 7.08. The van der Waals surface area contributed by atoms with Crippen molar-refractivity contribution in [1.29, 1.82) is 0 Å². The Kier molecular flexibility index (Phi) is 6.12. The number of halogens is 3. The fourth-order valence-electron chi connectivity index (χ4n) is 3.58. The van der Waals surface area contributed by atoms with Crippen LogP contribution < -0.4 is 5.32 Å². The zero-order chi connectivity index (χ0) is 22.0. The monoisotopic (exact) mass is 452 g/mol. The maximum atomic E-state index is 14.0. The Morgan fingerprint density at radius 3 is 2.32 bits per heavy atom. The number of ketones is 1. The third-order valence-corrected chi connectivity index (χ3v) is 5.67. The van der Waals surface area contributed by atoms with Crippen LogP contribution in [0.15, 0.2) is 78.9 Å². The lowest BCUT2D eigenvalue weighted by Gasteiger charge is -2.17. The standard InChI is InChI=1S/C25H19Cl2FN2O/c1-16(31)19-14-24(17-7-6-8-18(28)13-17)30(23-12-5-3-10-21(23)27)25(19)15-29-22-11-4-2-9-20(22)26/h2-14,29H,15H2,1H3. The van der Waals surface area contributed by atoms with Gasteiger partial charge in [0.05, 0.1) is 39.4 Å². The minimum absolute atomic E-state index is 0.0978. The fraction of sp³-hybridized carbons (Fsp3) is 0.0800. The van der Waals surface area contributed by atoms with Crippen molar-refractivity contribution in [3.05, 3.63) is 106 Å². The van der Waals surface area contributed by atoms with Crippen LogP contribution in [-0.2, 0) is 6.54 Å². The fourth-order valence-corrected chi connectivity index (χ4v) is 4.00. The van der Waals surface area contributed by atoms with Gasteiger partial charge in [-0.25, -0.2) is 4.39 Å². The zero-order valence-electron chi connectivity index (χ0n) is 16.7. The summed E-state index contributed by atoms with van der Waals surface area (Å²) in [6.45, 7) is 1.83. The number of hydrogen-bond donors (Lipinski definition) is 1. The van der Waals surface area contributed by atoms with Crippen molar-refractivity contribution in [2.75, 3.05) is 5.32 Å². The SMILES string of the molecule is CC(=O)c1cc(-c2cccc(F)c2)n(-c2ccccc2Cl)c1CNc1ccccc1Cl. The molecule has 0 aliphatic heterocycles. The average molecular weight is 453 g/mol. The summed E-state index contributed by atoms with van der Waals surface area (Å²) in [6.07, 6.45) is 0. The summed E-state index contributed by atoms with van der Waals surface area (Å²) in [5, 5.41) is 4.40. The van der Waals surface area contributed by atoms with Crippen LogP contribution in [-0.4, -0.2) is 10.4 Å². The topological polar surface area (TPSA) is 34.0 Å². The summed E-state index contributed by atoms with van der Waals surface area (Å²) >= 11 is 12.8. The number of nitrogens with one attached hydrogen (secondary N) is 1. The van der Waals surface area contributed by atoms with Crippen molar-refractivity contribution in [1.82, 2.24) is 4.57 Å². The van der Waals surface area contributed by atoms with Crippen LogP contribution in [0.5, 0.6) is 0 Å². The van der Waals surface area contributed by atoms with Gasteiger partial charge in [0, 0.05) is 11.1 Å². The van der Waals surface area contributed by atoms with Crippen molar-refractivity contribution in [2.24, 2.45) is 0 Å². The van der Waals surface area contributed by atoms with Gasteiger partial charge in [0.15, 0.2) is 5.78 Å². The predicted molar refractivity (Wildman–Crippen MR) is 125 cm³/mol. The zero-order valence-corrected chi connectivity index (χ0v) is 18.2. The number of anilines is 1. The summed E-state index contributed by atoms with van der Waals surface area (Å²) in [4.78, 5) is 12.6. The van der Waals surface area contributed by atoms with E-state index >= 15 is 0 Å². The largest absolute Gasteiger partial charge is 0.378 e. The van der Waals surface area contributed by atoms with E-state index in [9.17, 15) is 9.18 Å². The molecule has 3 nitrogen and oxygen atoms in total. The van der Waals surface area contributed by atoms with Gasteiger partial charge in [-0.1, -0.05) is 59.6 Å². The molecule has 0 fully saturated rings. The molecule has 0 saturated carbocycles. The van der Waals surface area contributed by atoms with Crippen LogP contribution >= 0.6 is 23.2 Å². The Hall–Kier alpha value is -3.08. The summed E-state index contributed by atoms with van der Waals surface area (Å²) in [6, 6.07) is 22.8. The number of carbonyl (C=O) groups is 1. The van der Waals surface area contributed by atoms with E-state index in [1.807, 2.05) is 41.0 Å². The third kappa shape index (κ3) is 4.36. The van der Waals surface area contributed by atoms with Crippen molar-refractivity contribution in [3.63, 3.8) is 0 Å². The number of benzene rings is 3. The van der Waals surface area contributed by atoms with E-state index in [2.05, 4.69) is 5.32 Å². The number of nitrogens with zero attached hydrogens (tertiary/aromatic N) is 1. The quantitative estimate of drug-likeness (QED) is 0.309. The van der Waals surface area contributed by atoms with Crippen molar-refractivity contribution >= 4 is 34.7 Å². The lowest BCUT2D eigenvalue weighted by molar-refractivity contribution is 0.101. The molecule has 0 spiro atoms. The highest BCUT2D eigenvalue weighted by molar-refractivity contribution is 6.33. The highest BCUT2D eigenvalue weighted by atomic mass is 35.5. The van der Waals surface area contributed by atoms with E-state index in [1.165, 1.54) is 19.1 Å². The summed E-state index contributed by atoms with van der Waals surface area (Å²) in [5.74, 6) is -0.455. The van der Waals surface area contributed by atoms with E-state index in [4.69, 9.17) is 23.2 Å². The Morgan fingerprint density at radius 2 is 1.65 bits per heavy atom. The van der Waals surface area contributed by atoms with E-state index in [0.717, 1.165) is 5.69 Å². The molecule has 0 aliphatic carbocycles. The Balaban J connectivity index is 1.92. The second-order valence-corrected chi connectivity index (χ2v) is 7.89. The molecule has 0 saturated heterocycles. The molecular formula is C25H19Cl2FN2O. The van der Waals surface area contributed by atoms with E-state index in [-0.39, 0.29) is 11.6 Å². The van der Waals surface area contributed by atoms with Crippen LogP contribution in [0.25, 0.3) is 16.9 Å². The van der Waals surface area contributed by atoms with Crippen LogP contribution in [0.2, 0.25) is 10.0 Å². The Morgan fingerprint density at radius 1 is 0.935 bits per heavy atom. The van der Waals surface area contributed by atoms with Gasteiger partial charge in [0.2, 0.25) is 0 Å². The van der Waals surface area contributed by atoms with Crippen molar-refractivity contribution in [2.45, 2.75) is 13.5 Å². The molecule has 4 rings (SSSR count). The van der Waals surface area contributed by atoms with Gasteiger partial charge in [-0.3, -0.25) is 4.79 Å². The molecule has 1 heterocycles. The number of Topliss-reactive ketones (excluding diaryl/α,β-unsaturated/α-hetero) is 1. The van der Waals surface area contributed by atoms with E-state index < -0.39 is 0 Å². The molecule has 1 aromatic heterocycles. The van der Waals surface area contributed by atoms with Gasteiger partial charge in [0.1, 0.15) is 5.82 Å². The lowest BCUT2D eigenvalue weighted by Crippen LogP contribution is -2.11. The van der Waals surface area contributed by atoms with E-state index in [0.29, 0.717) is 44.8 Å². The molecule has 0 aliphatic rings. The van der Waals surface area contributed by atoms with Crippen LogP contribution in [0.4, 0.5) is 10.1 Å². The molecule has 0 atom stereocenters. The minimum atomic E-state index is -0.357. The summed E-state index contributed by atoms with van der Waals surface area (Å²) < 4.78 is 15.9. The maximum absolute atomic E-state index is 14.0. The van der Waals surface area contributed by atoms with Gasteiger partial charge in [0.25, 0.3) is 0 Å². The molecule has 6 heteroatoms. The first-order chi connectivity index (χ1) is 15.0. The van der Waals surface area contributed by atoms with E-state index in [1.54, 1.807) is 30.3 Å². The summed E-state index contributed by atoms with van der Waals surface area (Å²) in [5.41, 5.74) is 4.00. The molecule has 156 valence electrons. The highest BCUT2D eigenvalue weighted by Crippen LogP contribution is 2.34. The maximum Gasteiger partial charge on any atom is 0.161 e. The number of para-hydroxylation sites is 2. The number of aromatic nitrogens is 1. The minimum Gasteiger partial charge on any atom is -0.378 e. The predicted octanol–water partition coefficient (Wildman–Crippen LogP) is 7.40. The van der Waals surface area contributed by atoms with Gasteiger partial charge in [-0.2, -0.15) is 0 Å². The molecule has 1 N–H and O–H groups in total.